The number of benzene rings is 16. The molecule has 0 saturated carbocycles. The summed E-state index contributed by atoms with van der Waals surface area (Å²) in [5, 5.41) is 8.82. The van der Waals surface area contributed by atoms with Crippen molar-refractivity contribution in [2.45, 2.75) is 6.92 Å². The van der Waals surface area contributed by atoms with Crippen molar-refractivity contribution in [2.24, 2.45) is 0 Å². The summed E-state index contributed by atoms with van der Waals surface area (Å²) in [7, 11) is 0. The van der Waals surface area contributed by atoms with Gasteiger partial charge in [0.25, 0.3) is 0 Å². The highest BCUT2D eigenvalue weighted by Crippen LogP contribution is 2.47. The molecule has 482 valence electrons. The van der Waals surface area contributed by atoms with Crippen LogP contribution in [-0.2, 0) is 0 Å². The van der Waals surface area contributed by atoms with Crippen molar-refractivity contribution in [3.05, 3.63) is 406 Å². The first-order chi connectivity index (χ1) is 50.0. The lowest BCUT2D eigenvalue weighted by Gasteiger charge is -2.28. The van der Waals surface area contributed by atoms with E-state index in [0.29, 0.717) is 0 Å². The first-order valence-corrected chi connectivity index (χ1v) is 36.0. The van der Waals surface area contributed by atoms with Crippen LogP contribution in [0.2, 0.25) is 0 Å². The molecule has 4 heteroatoms. The van der Waals surface area contributed by atoms with Gasteiger partial charge in [-0.2, -0.15) is 0 Å². The fourth-order valence-corrected chi connectivity index (χ4v) is 15.8. The van der Waals surface area contributed by atoms with Gasteiger partial charge in [0.05, 0.1) is 5.69 Å². The molecule has 0 fully saturated rings. The Labute approximate surface area is 600 Å². The summed E-state index contributed by atoms with van der Waals surface area (Å²) < 4.78 is 5.33. The molecule has 0 unspecified atom stereocenters. The first-order valence-electron chi connectivity index (χ1n) is 34.3. The number of fused-ring (bicyclic) bond motifs is 6. The fraction of sp³-hybridized carbons (Fsp3) is 0.0103. The van der Waals surface area contributed by atoms with Crippen molar-refractivity contribution >= 4 is 91.5 Å². The van der Waals surface area contributed by atoms with E-state index >= 15 is 0 Å². The zero-order valence-corrected chi connectivity index (χ0v) is 57.5. The molecule has 2 nitrogen and oxygen atoms in total. The number of anilines is 5. The van der Waals surface area contributed by atoms with Crippen LogP contribution in [-0.4, -0.2) is 0 Å². The molecule has 2 aromatic heterocycles. The molecule has 2 heterocycles. The maximum absolute atomic E-state index is 3.49. The topological polar surface area (TPSA) is 15.3 Å². The highest BCUT2D eigenvalue weighted by molar-refractivity contribution is 7.26. The minimum atomic E-state index is 0. The van der Waals surface area contributed by atoms with Gasteiger partial charge in [-0.05, 0) is 181 Å². The second-order valence-electron chi connectivity index (χ2n) is 25.3. The van der Waals surface area contributed by atoms with Crippen molar-refractivity contribution < 1.29 is 1.43 Å². The number of hydrogen-bond donors (Lipinski definition) is 1. The maximum Gasteiger partial charge on any atom is 0.0554 e. The van der Waals surface area contributed by atoms with Crippen molar-refractivity contribution in [1.82, 2.24) is 0 Å². The number of nitrogens with zero attached hydrogens (tertiary/aromatic N) is 1. The third-order valence-electron chi connectivity index (χ3n) is 18.8. The van der Waals surface area contributed by atoms with Crippen LogP contribution in [0.25, 0.3) is 129 Å². The van der Waals surface area contributed by atoms with Crippen LogP contribution in [0, 0.1) is 6.92 Å². The lowest BCUT2D eigenvalue weighted by Crippen LogP contribution is -2.11. The second kappa shape index (κ2) is 29.3. The Morgan fingerprint density at radius 2 is 0.475 bits per heavy atom. The van der Waals surface area contributed by atoms with E-state index in [1.807, 2.05) is 34.8 Å². The zero-order chi connectivity index (χ0) is 67.7. The van der Waals surface area contributed by atoms with Gasteiger partial charge in [-0.15, -0.1) is 22.7 Å². The van der Waals surface area contributed by atoms with Gasteiger partial charge >= 0.3 is 0 Å². The van der Waals surface area contributed by atoms with E-state index in [-0.39, 0.29) is 1.43 Å². The van der Waals surface area contributed by atoms with E-state index in [9.17, 15) is 0 Å². The zero-order valence-electron chi connectivity index (χ0n) is 55.9. The van der Waals surface area contributed by atoms with Crippen molar-refractivity contribution in [2.75, 3.05) is 10.2 Å². The first kappa shape index (κ1) is 63.3. The van der Waals surface area contributed by atoms with Crippen LogP contribution >= 0.6 is 22.7 Å². The van der Waals surface area contributed by atoms with E-state index < -0.39 is 0 Å². The predicted molar refractivity (Wildman–Crippen MR) is 440 cm³/mol. The van der Waals surface area contributed by atoms with Crippen LogP contribution in [0.15, 0.2) is 400 Å². The number of nitrogens with one attached hydrogen (secondary N) is 1. The number of hydrogen-bond acceptors (Lipinski definition) is 4. The molecule has 1 N–H and O–H groups in total. The third kappa shape index (κ3) is 14.1. The molecule has 0 atom stereocenters. The SMILES string of the molecule is Cc1cc2sc3ccccc3c2cc1-c1ccccc1.[HH].c1ccc(-c2ccc(-c3ccc(N(c4ccc(-c5ccccc5)cc4)c4cc5sc6ccccc6c5cc4-c4ccccc4)cc3)cc2)cc1.c1ccc(-c2ccc(Nc3ccc(-c4ccc(-c5ccccc5)cc4)cc3)cc2)cc1. The van der Waals surface area contributed by atoms with Gasteiger partial charge in [-0.3, -0.25) is 0 Å². The van der Waals surface area contributed by atoms with E-state index in [0.717, 1.165) is 28.4 Å². The molecule has 0 bridgehead atoms. The lowest BCUT2D eigenvalue weighted by molar-refractivity contribution is 1.29. The van der Waals surface area contributed by atoms with Crippen molar-refractivity contribution in [3.8, 4) is 89.0 Å². The van der Waals surface area contributed by atoms with Crippen LogP contribution in [0.5, 0.6) is 0 Å². The van der Waals surface area contributed by atoms with Gasteiger partial charge in [0.1, 0.15) is 0 Å². The van der Waals surface area contributed by atoms with Gasteiger partial charge in [-0.25, -0.2) is 0 Å². The van der Waals surface area contributed by atoms with E-state index in [1.165, 1.54) is 135 Å². The van der Waals surface area contributed by atoms with Gasteiger partial charge in [0.2, 0.25) is 0 Å². The molecule has 16 aromatic carbocycles. The molecule has 0 spiro atoms. The molecule has 18 aromatic rings. The van der Waals surface area contributed by atoms with Crippen molar-refractivity contribution in [3.63, 3.8) is 0 Å². The largest absolute Gasteiger partial charge is 0.356 e. The summed E-state index contributed by atoms with van der Waals surface area (Å²) in [5.74, 6) is 0. The average molecular weight is 1330 g/mol. The minimum Gasteiger partial charge on any atom is -0.356 e. The Bertz CT molecular complexity index is 5770. The number of thiophene rings is 2. The second-order valence-corrected chi connectivity index (χ2v) is 27.5. The van der Waals surface area contributed by atoms with Crippen LogP contribution < -0.4 is 10.2 Å². The molecular weight excluding hydrogens is 1260 g/mol. The molecule has 0 aliphatic heterocycles. The standard InChI is InChI=1S/C48H33NS.C30H23N.C19H14S.H2/c1-4-12-34(13-5-1)36-20-22-37(23-21-36)39-26-30-42(31-27-39)49(41-28-24-38(25-29-41)35-14-6-2-7-15-35)46-33-48-45(43-18-10-11-19-47(43)50-48)32-44(46)40-16-8-3-9-17-40;1-3-7-23(8-4-1)25-11-13-26(14-12-25)28-17-21-30(22-18-28)31-29-19-15-27(16-20-29)24-9-5-2-6-10-24;1-13-11-19-17(15-9-5-6-10-18(15)20-19)12-16(13)14-7-3-2-4-8-14;/h1-33H;1-22,31H;2-12H,1H3;1H. The van der Waals surface area contributed by atoms with E-state index in [2.05, 4.69) is 405 Å². The van der Waals surface area contributed by atoms with Gasteiger partial charge in [0, 0.05) is 70.1 Å². The molecule has 0 aliphatic carbocycles. The Balaban J connectivity index is 0.000000137. The lowest BCUT2D eigenvalue weighted by atomic mass is 9.98. The minimum absolute atomic E-state index is 0. The Kier molecular flexibility index (Phi) is 18.4. The summed E-state index contributed by atoms with van der Waals surface area (Å²) in [5.41, 5.74) is 26.5. The van der Waals surface area contributed by atoms with E-state index in [1.54, 1.807) is 0 Å². The van der Waals surface area contributed by atoms with Gasteiger partial charge < -0.3 is 10.2 Å². The van der Waals surface area contributed by atoms with Gasteiger partial charge in [0.15, 0.2) is 0 Å². The summed E-state index contributed by atoms with van der Waals surface area (Å²) >= 11 is 3.74. The highest BCUT2D eigenvalue weighted by atomic mass is 32.1. The fourth-order valence-electron chi connectivity index (χ4n) is 13.5. The Morgan fingerprint density at radius 1 is 0.218 bits per heavy atom. The third-order valence-corrected chi connectivity index (χ3v) is 21.1. The van der Waals surface area contributed by atoms with Gasteiger partial charge in [-0.1, -0.05) is 315 Å². The summed E-state index contributed by atoms with van der Waals surface area (Å²) in [6.45, 7) is 2.20. The van der Waals surface area contributed by atoms with E-state index in [4.69, 9.17) is 0 Å². The molecule has 0 radical (unpaired) electrons. The average Bonchev–Trinajstić information content (AvgIpc) is 1.52. The predicted octanol–water partition coefficient (Wildman–Crippen LogP) is 28.9. The summed E-state index contributed by atoms with van der Waals surface area (Å²) in [6.07, 6.45) is 0. The Hall–Kier alpha value is -12.4. The molecule has 0 amide bonds. The van der Waals surface area contributed by atoms with Crippen LogP contribution in [0.3, 0.4) is 0 Å². The van der Waals surface area contributed by atoms with Crippen LogP contribution in [0.4, 0.5) is 28.4 Å². The summed E-state index contributed by atoms with van der Waals surface area (Å²) in [4.78, 5) is 2.42. The Morgan fingerprint density at radius 3 is 0.822 bits per heavy atom. The normalized spacial score (nSPS) is 11.0. The molecular formula is C97H72N2S2. The monoisotopic (exact) mass is 1330 g/mol. The molecule has 0 aliphatic rings. The highest BCUT2D eigenvalue weighted by Gasteiger charge is 2.21. The molecule has 101 heavy (non-hydrogen) atoms. The maximum atomic E-state index is 3.49. The number of aryl methyl sites for hydroxylation is 1. The van der Waals surface area contributed by atoms with Crippen molar-refractivity contribution in [1.29, 1.82) is 0 Å². The number of rotatable bonds is 13. The molecule has 18 rings (SSSR count). The summed E-state index contributed by atoms with van der Waals surface area (Å²) in [6, 6.07) is 143. The van der Waals surface area contributed by atoms with Crippen LogP contribution in [0.1, 0.15) is 6.99 Å². The smallest absolute Gasteiger partial charge is 0.0554 e. The molecule has 0 saturated heterocycles. The quantitative estimate of drug-likeness (QED) is 0.124.